The summed E-state index contributed by atoms with van der Waals surface area (Å²) in [7, 11) is 2.78. The van der Waals surface area contributed by atoms with Gasteiger partial charge in [-0.25, -0.2) is 4.79 Å². The average Bonchev–Trinajstić information content (AvgIpc) is 3.46. The number of methoxy groups -OCH3 is 2. The highest BCUT2D eigenvalue weighted by molar-refractivity contribution is 5.98. The zero-order chi connectivity index (χ0) is 24.7. The number of hydrogen-bond donors (Lipinski definition) is 1. The number of rotatable bonds is 5. The molecule has 3 saturated heterocycles. The number of carboxylic acid groups (broad SMARTS) is 1. The SMILES string of the molecule is COC(=O)c1cc(OC)cc(C(=O)N2CCC3(CC2)CC(CN2CCCC2)OC3=O)c1.O=CO. The van der Waals surface area contributed by atoms with Gasteiger partial charge in [-0.2, -0.15) is 0 Å². The van der Waals surface area contributed by atoms with E-state index < -0.39 is 11.4 Å². The van der Waals surface area contributed by atoms with E-state index in [1.54, 1.807) is 17.0 Å². The van der Waals surface area contributed by atoms with Gasteiger partial charge in [0.15, 0.2) is 0 Å². The van der Waals surface area contributed by atoms with E-state index in [9.17, 15) is 14.4 Å². The zero-order valence-electron chi connectivity index (χ0n) is 19.7. The van der Waals surface area contributed by atoms with Gasteiger partial charge in [0.1, 0.15) is 11.9 Å². The lowest BCUT2D eigenvalue weighted by atomic mass is 9.76. The molecular weight excluding hydrogens is 444 g/mol. The molecule has 0 aliphatic carbocycles. The quantitative estimate of drug-likeness (QED) is 0.501. The lowest BCUT2D eigenvalue weighted by Crippen LogP contribution is -2.45. The molecule has 3 aliphatic rings. The van der Waals surface area contributed by atoms with Crippen molar-refractivity contribution >= 4 is 24.3 Å². The average molecular weight is 477 g/mol. The molecule has 10 heteroatoms. The molecule has 1 amide bonds. The highest BCUT2D eigenvalue weighted by Gasteiger charge is 2.51. The highest BCUT2D eigenvalue weighted by Crippen LogP contribution is 2.43. The maximum atomic E-state index is 13.1. The number of benzene rings is 1. The van der Waals surface area contributed by atoms with Crippen molar-refractivity contribution in [3.63, 3.8) is 0 Å². The summed E-state index contributed by atoms with van der Waals surface area (Å²) >= 11 is 0. The first-order valence-electron chi connectivity index (χ1n) is 11.4. The Balaban J connectivity index is 0.00000103. The van der Waals surface area contributed by atoms with Crippen molar-refractivity contribution in [1.82, 2.24) is 9.80 Å². The van der Waals surface area contributed by atoms with Gasteiger partial charge in [0.2, 0.25) is 0 Å². The second kappa shape index (κ2) is 11.3. The standard InChI is InChI=1S/C23H30N2O6.CH2O2/c1-29-18-12-16(11-17(13-18)21(27)30-2)20(26)25-9-5-23(6-10-25)14-19(31-22(23)28)15-24-7-3-4-8-24;2-1-3/h11-13,19H,3-10,14-15H2,1-2H3;1H,(H,2,3). The molecule has 0 radical (unpaired) electrons. The van der Waals surface area contributed by atoms with Gasteiger partial charge in [-0.3, -0.25) is 19.3 Å². The number of carbonyl (C=O) groups excluding carboxylic acids is 3. The second-order valence-corrected chi connectivity index (χ2v) is 8.86. The van der Waals surface area contributed by atoms with Gasteiger partial charge in [0, 0.05) is 31.6 Å². The third kappa shape index (κ3) is 5.67. The molecule has 10 nitrogen and oxygen atoms in total. The van der Waals surface area contributed by atoms with Gasteiger partial charge >= 0.3 is 11.9 Å². The van der Waals surface area contributed by atoms with Crippen LogP contribution in [0.1, 0.15) is 52.8 Å². The molecule has 3 aliphatic heterocycles. The van der Waals surface area contributed by atoms with Gasteiger partial charge in [0.05, 0.1) is 25.2 Å². The summed E-state index contributed by atoms with van der Waals surface area (Å²) in [4.78, 5) is 50.2. The molecule has 3 fully saturated rings. The summed E-state index contributed by atoms with van der Waals surface area (Å²) in [5.74, 6) is -0.399. The number of esters is 2. The Bertz CT molecular complexity index is 904. The van der Waals surface area contributed by atoms with Crippen LogP contribution in [0.3, 0.4) is 0 Å². The summed E-state index contributed by atoms with van der Waals surface area (Å²) in [5.41, 5.74) is 0.159. The van der Waals surface area contributed by atoms with E-state index in [1.807, 2.05) is 0 Å². The van der Waals surface area contributed by atoms with E-state index in [-0.39, 0.29) is 30.0 Å². The van der Waals surface area contributed by atoms with E-state index in [1.165, 1.54) is 33.1 Å². The highest BCUT2D eigenvalue weighted by atomic mass is 16.6. The number of piperidine rings is 1. The molecule has 1 spiro atoms. The molecule has 34 heavy (non-hydrogen) atoms. The Morgan fingerprint density at radius 1 is 1.12 bits per heavy atom. The monoisotopic (exact) mass is 476 g/mol. The minimum absolute atomic E-state index is 0.0474. The molecule has 0 bridgehead atoms. The van der Waals surface area contributed by atoms with Gasteiger partial charge < -0.3 is 24.2 Å². The van der Waals surface area contributed by atoms with Crippen LogP contribution in [-0.2, 0) is 19.1 Å². The Labute approximate surface area is 198 Å². The Kier molecular flexibility index (Phi) is 8.49. The van der Waals surface area contributed by atoms with Crippen LogP contribution in [-0.4, -0.2) is 92.3 Å². The van der Waals surface area contributed by atoms with Gasteiger partial charge in [0.25, 0.3) is 12.4 Å². The van der Waals surface area contributed by atoms with Crippen LogP contribution in [0.4, 0.5) is 0 Å². The fraction of sp³-hybridized carbons (Fsp3) is 0.583. The van der Waals surface area contributed by atoms with E-state index in [2.05, 4.69) is 4.90 Å². The molecule has 0 aromatic heterocycles. The maximum Gasteiger partial charge on any atom is 0.338 e. The second-order valence-electron chi connectivity index (χ2n) is 8.86. The minimum atomic E-state index is -0.525. The smallest absolute Gasteiger partial charge is 0.338 e. The van der Waals surface area contributed by atoms with Crippen molar-refractivity contribution in [1.29, 1.82) is 0 Å². The van der Waals surface area contributed by atoms with Crippen molar-refractivity contribution in [2.45, 2.75) is 38.2 Å². The van der Waals surface area contributed by atoms with Crippen molar-refractivity contribution in [3.05, 3.63) is 29.3 Å². The molecule has 1 atom stereocenters. The van der Waals surface area contributed by atoms with Crippen LogP contribution >= 0.6 is 0 Å². The van der Waals surface area contributed by atoms with Gasteiger partial charge in [-0.15, -0.1) is 0 Å². The predicted octanol–water partition coefficient (Wildman–Crippen LogP) is 1.82. The Morgan fingerprint density at radius 3 is 2.32 bits per heavy atom. The number of cyclic esters (lactones) is 1. The Morgan fingerprint density at radius 2 is 1.74 bits per heavy atom. The number of likely N-dealkylation sites (tertiary alicyclic amines) is 2. The number of nitrogens with zero attached hydrogens (tertiary/aromatic N) is 2. The summed E-state index contributed by atoms with van der Waals surface area (Å²) in [6.45, 7) is 3.69. The molecule has 1 aromatic carbocycles. The number of ether oxygens (including phenoxy) is 3. The van der Waals surface area contributed by atoms with Crippen molar-refractivity contribution in [2.75, 3.05) is 46.9 Å². The molecule has 1 unspecified atom stereocenters. The molecule has 1 N–H and O–H groups in total. The molecule has 3 heterocycles. The number of carbonyl (C=O) groups is 4. The van der Waals surface area contributed by atoms with Gasteiger partial charge in [-0.1, -0.05) is 0 Å². The number of amides is 1. The summed E-state index contributed by atoms with van der Waals surface area (Å²) in [6, 6.07) is 4.69. The summed E-state index contributed by atoms with van der Waals surface area (Å²) < 4.78 is 15.7. The predicted molar refractivity (Wildman–Crippen MR) is 121 cm³/mol. The minimum Gasteiger partial charge on any atom is -0.497 e. The van der Waals surface area contributed by atoms with Crippen LogP contribution in [0.25, 0.3) is 0 Å². The van der Waals surface area contributed by atoms with Crippen LogP contribution in [0.15, 0.2) is 18.2 Å². The van der Waals surface area contributed by atoms with Crippen LogP contribution in [0.2, 0.25) is 0 Å². The Hall–Kier alpha value is -3.14. The normalized spacial score (nSPS) is 21.4. The van der Waals surface area contributed by atoms with E-state index >= 15 is 0 Å². The molecule has 1 aromatic rings. The third-order valence-electron chi connectivity index (χ3n) is 6.80. The van der Waals surface area contributed by atoms with Gasteiger partial charge in [-0.05, 0) is 57.0 Å². The van der Waals surface area contributed by atoms with Crippen LogP contribution in [0.5, 0.6) is 5.75 Å². The molecular formula is C24H32N2O8. The fourth-order valence-electron chi connectivity index (χ4n) is 5.00. The fourth-order valence-corrected chi connectivity index (χ4v) is 5.00. The third-order valence-corrected chi connectivity index (χ3v) is 6.80. The first kappa shape index (κ1) is 25.5. The topological polar surface area (TPSA) is 123 Å². The molecule has 0 saturated carbocycles. The van der Waals surface area contributed by atoms with Crippen LogP contribution in [0, 0.1) is 5.41 Å². The lowest BCUT2D eigenvalue weighted by Gasteiger charge is -2.36. The zero-order valence-corrected chi connectivity index (χ0v) is 19.7. The van der Waals surface area contributed by atoms with Crippen LogP contribution < -0.4 is 4.74 Å². The molecule has 4 rings (SSSR count). The van der Waals surface area contributed by atoms with E-state index in [0.717, 1.165) is 26.1 Å². The van der Waals surface area contributed by atoms with Crippen molar-refractivity contribution < 1.29 is 38.5 Å². The first-order valence-corrected chi connectivity index (χ1v) is 11.4. The summed E-state index contributed by atoms with van der Waals surface area (Å²) in [5, 5.41) is 6.89. The first-order chi connectivity index (χ1) is 16.4. The van der Waals surface area contributed by atoms with Crippen molar-refractivity contribution in [2.24, 2.45) is 5.41 Å². The summed E-state index contributed by atoms with van der Waals surface area (Å²) in [6.07, 6.45) is 4.31. The maximum absolute atomic E-state index is 13.1. The number of hydrogen-bond acceptors (Lipinski definition) is 8. The van der Waals surface area contributed by atoms with E-state index in [4.69, 9.17) is 24.1 Å². The largest absolute Gasteiger partial charge is 0.497 e. The lowest BCUT2D eigenvalue weighted by molar-refractivity contribution is -0.151. The van der Waals surface area contributed by atoms with Crippen molar-refractivity contribution in [3.8, 4) is 5.75 Å². The molecule has 186 valence electrons. The van der Waals surface area contributed by atoms with E-state index in [0.29, 0.717) is 37.2 Å².